The zero-order valence-electron chi connectivity index (χ0n) is 15.0. The van der Waals surface area contributed by atoms with Crippen molar-refractivity contribution in [3.63, 3.8) is 0 Å². The van der Waals surface area contributed by atoms with Gasteiger partial charge in [-0.2, -0.15) is 0 Å². The molecule has 1 fully saturated rings. The molecule has 28 heavy (non-hydrogen) atoms. The van der Waals surface area contributed by atoms with Gasteiger partial charge in [-0.1, -0.05) is 22.8 Å². The SMILES string of the molecule is COc1cccc(F)c1C(=NO)N1CCN(c2ncc(C(=O)O)cc2Cl)CC1. The fraction of sp³-hybridized carbons (Fsp3) is 0.278. The van der Waals surface area contributed by atoms with Gasteiger partial charge in [-0.25, -0.2) is 14.2 Å². The van der Waals surface area contributed by atoms with E-state index in [0.29, 0.717) is 32.0 Å². The van der Waals surface area contributed by atoms with Crippen LogP contribution in [0.4, 0.5) is 10.2 Å². The number of aromatic nitrogens is 1. The number of piperazine rings is 1. The van der Waals surface area contributed by atoms with Crippen LogP contribution in [-0.4, -0.2) is 65.3 Å². The first-order chi connectivity index (χ1) is 13.5. The van der Waals surface area contributed by atoms with Crippen LogP contribution in [0.1, 0.15) is 15.9 Å². The van der Waals surface area contributed by atoms with Crippen LogP contribution in [0.3, 0.4) is 0 Å². The summed E-state index contributed by atoms with van der Waals surface area (Å²) >= 11 is 6.18. The second-order valence-electron chi connectivity index (χ2n) is 6.05. The van der Waals surface area contributed by atoms with E-state index in [1.165, 1.54) is 31.5 Å². The standard InChI is InChI=1S/C18H18ClFN4O4/c1-28-14-4-2-3-13(20)15(14)17(22-27)24-7-5-23(6-8-24)16-12(19)9-11(10-21-16)18(25)26/h2-4,9-10,27H,5-8H2,1H3,(H,25,26). The normalized spacial score (nSPS) is 14.9. The first-order valence-electron chi connectivity index (χ1n) is 8.40. The molecule has 1 aromatic carbocycles. The van der Waals surface area contributed by atoms with Crippen molar-refractivity contribution in [2.24, 2.45) is 5.16 Å². The van der Waals surface area contributed by atoms with Crippen molar-refractivity contribution in [2.75, 3.05) is 38.2 Å². The summed E-state index contributed by atoms with van der Waals surface area (Å²) in [7, 11) is 1.42. The molecular weight excluding hydrogens is 391 g/mol. The Kier molecular flexibility index (Phi) is 5.84. The lowest BCUT2D eigenvalue weighted by Gasteiger charge is -2.37. The van der Waals surface area contributed by atoms with Crippen molar-refractivity contribution in [3.05, 3.63) is 52.4 Å². The summed E-state index contributed by atoms with van der Waals surface area (Å²) in [4.78, 5) is 18.8. The number of carboxylic acids is 1. The summed E-state index contributed by atoms with van der Waals surface area (Å²) in [6.07, 6.45) is 1.25. The number of rotatable bonds is 4. The number of anilines is 1. The van der Waals surface area contributed by atoms with Gasteiger partial charge in [0, 0.05) is 32.4 Å². The summed E-state index contributed by atoms with van der Waals surface area (Å²) in [5.41, 5.74) is 0.0941. The highest BCUT2D eigenvalue weighted by molar-refractivity contribution is 6.33. The first kappa shape index (κ1) is 19.7. The number of carbonyl (C=O) groups is 1. The number of nitrogens with zero attached hydrogens (tertiary/aromatic N) is 4. The van der Waals surface area contributed by atoms with Crippen LogP contribution in [-0.2, 0) is 0 Å². The lowest BCUT2D eigenvalue weighted by atomic mass is 10.1. The minimum atomic E-state index is -1.10. The van der Waals surface area contributed by atoms with E-state index in [4.69, 9.17) is 21.4 Å². The van der Waals surface area contributed by atoms with Crippen molar-refractivity contribution in [2.45, 2.75) is 0 Å². The number of amidine groups is 1. The molecule has 2 N–H and O–H groups in total. The fourth-order valence-corrected chi connectivity index (χ4v) is 3.36. The van der Waals surface area contributed by atoms with E-state index in [1.54, 1.807) is 11.0 Å². The highest BCUT2D eigenvalue weighted by Crippen LogP contribution is 2.27. The van der Waals surface area contributed by atoms with E-state index in [2.05, 4.69) is 10.1 Å². The van der Waals surface area contributed by atoms with Crippen LogP contribution in [0.15, 0.2) is 35.6 Å². The molecule has 2 aromatic rings. The first-order valence-corrected chi connectivity index (χ1v) is 8.77. The molecule has 148 valence electrons. The van der Waals surface area contributed by atoms with E-state index in [1.807, 2.05) is 4.90 Å². The van der Waals surface area contributed by atoms with Gasteiger partial charge >= 0.3 is 5.97 Å². The fourth-order valence-electron chi connectivity index (χ4n) is 3.07. The van der Waals surface area contributed by atoms with Gasteiger partial charge in [0.15, 0.2) is 5.84 Å². The Labute approximate surface area is 165 Å². The summed E-state index contributed by atoms with van der Waals surface area (Å²) in [6, 6.07) is 5.73. The summed E-state index contributed by atoms with van der Waals surface area (Å²) in [6.45, 7) is 1.76. The van der Waals surface area contributed by atoms with Gasteiger partial charge < -0.3 is 24.9 Å². The third-order valence-electron chi connectivity index (χ3n) is 4.46. The van der Waals surface area contributed by atoms with Gasteiger partial charge in [-0.15, -0.1) is 0 Å². The Bertz CT molecular complexity index is 916. The predicted molar refractivity (Wildman–Crippen MR) is 101 cm³/mol. The highest BCUT2D eigenvalue weighted by atomic mass is 35.5. The van der Waals surface area contributed by atoms with E-state index >= 15 is 0 Å². The van der Waals surface area contributed by atoms with E-state index < -0.39 is 11.8 Å². The van der Waals surface area contributed by atoms with Crippen molar-refractivity contribution >= 4 is 29.2 Å². The number of pyridine rings is 1. The summed E-state index contributed by atoms with van der Waals surface area (Å²) in [5.74, 6) is -0.840. The zero-order valence-corrected chi connectivity index (χ0v) is 15.7. The topological polar surface area (TPSA) is 98.5 Å². The Hall–Kier alpha value is -3.07. The van der Waals surface area contributed by atoms with Crippen molar-refractivity contribution in [1.29, 1.82) is 0 Å². The number of hydrogen-bond acceptors (Lipinski definition) is 6. The minimum absolute atomic E-state index is 0.00809. The van der Waals surface area contributed by atoms with Crippen LogP contribution < -0.4 is 9.64 Å². The molecule has 2 heterocycles. The third kappa shape index (κ3) is 3.79. The van der Waals surface area contributed by atoms with Gasteiger partial charge in [-0.05, 0) is 18.2 Å². The molecule has 0 aliphatic carbocycles. The Balaban J connectivity index is 1.77. The maximum absolute atomic E-state index is 14.3. The number of ether oxygens (including phenoxy) is 1. The van der Waals surface area contributed by atoms with Gasteiger partial charge in [0.25, 0.3) is 0 Å². The van der Waals surface area contributed by atoms with Crippen LogP contribution >= 0.6 is 11.6 Å². The Morgan fingerprint density at radius 2 is 2.04 bits per heavy atom. The number of halogens is 2. The highest BCUT2D eigenvalue weighted by Gasteiger charge is 2.27. The molecule has 0 atom stereocenters. The maximum atomic E-state index is 14.3. The number of aromatic carboxylic acids is 1. The minimum Gasteiger partial charge on any atom is -0.496 e. The van der Waals surface area contributed by atoms with Crippen molar-refractivity contribution in [1.82, 2.24) is 9.88 Å². The third-order valence-corrected chi connectivity index (χ3v) is 4.74. The molecule has 0 spiro atoms. The van der Waals surface area contributed by atoms with Gasteiger partial charge in [0.1, 0.15) is 17.4 Å². The number of carboxylic acid groups (broad SMARTS) is 1. The van der Waals surface area contributed by atoms with E-state index in [9.17, 15) is 14.4 Å². The smallest absolute Gasteiger partial charge is 0.337 e. The van der Waals surface area contributed by atoms with E-state index in [-0.39, 0.29) is 27.7 Å². The maximum Gasteiger partial charge on any atom is 0.337 e. The molecule has 1 aliphatic heterocycles. The molecule has 1 aromatic heterocycles. The molecule has 0 radical (unpaired) electrons. The number of hydrogen-bond donors (Lipinski definition) is 2. The zero-order chi connectivity index (χ0) is 20.3. The Morgan fingerprint density at radius 1 is 1.32 bits per heavy atom. The molecular formula is C18H18ClFN4O4. The molecule has 0 unspecified atom stereocenters. The average Bonchev–Trinajstić information content (AvgIpc) is 2.70. The van der Waals surface area contributed by atoms with Crippen molar-refractivity contribution in [3.8, 4) is 5.75 Å². The molecule has 0 amide bonds. The second-order valence-corrected chi connectivity index (χ2v) is 6.46. The molecule has 1 saturated heterocycles. The summed E-state index contributed by atoms with van der Waals surface area (Å²) < 4.78 is 19.5. The van der Waals surface area contributed by atoms with Crippen LogP contribution in [0.5, 0.6) is 5.75 Å². The molecule has 3 rings (SSSR count). The molecule has 0 saturated carbocycles. The Morgan fingerprint density at radius 3 is 2.61 bits per heavy atom. The van der Waals surface area contributed by atoms with Crippen LogP contribution in [0, 0.1) is 5.82 Å². The van der Waals surface area contributed by atoms with Gasteiger partial charge in [-0.3, -0.25) is 0 Å². The van der Waals surface area contributed by atoms with Crippen LogP contribution in [0.2, 0.25) is 5.02 Å². The number of methoxy groups -OCH3 is 1. The van der Waals surface area contributed by atoms with Crippen molar-refractivity contribution < 1.29 is 24.2 Å². The molecule has 10 heteroatoms. The lowest BCUT2D eigenvalue weighted by Crippen LogP contribution is -2.49. The van der Waals surface area contributed by atoms with Gasteiger partial charge in [0.05, 0.1) is 23.3 Å². The van der Waals surface area contributed by atoms with Gasteiger partial charge in [0.2, 0.25) is 0 Å². The second kappa shape index (κ2) is 8.30. The average molecular weight is 409 g/mol. The lowest BCUT2D eigenvalue weighted by molar-refractivity contribution is 0.0696. The molecule has 0 bridgehead atoms. The van der Waals surface area contributed by atoms with E-state index in [0.717, 1.165) is 0 Å². The predicted octanol–water partition coefficient (Wildman–Crippen LogP) is 2.54. The number of oxime groups is 1. The monoisotopic (exact) mass is 408 g/mol. The molecule has 1 aliphatic rings. The largest absolute Gasteiger partial charge is 0.496 e. The van der Waals surface area contributed by atoms with Crippen LogP contribution in [0.25, 0.3) is 0 Å². The summed E-state index contributed by atoms with van der Waals surface area (Å²) in [5, 5.41) is 22.0. The quantitative estimate of drug-likeness (QED) is 0.347. The number of benzene rings is 1. The molecule has 8 nitrogen and oxygen atoms in total.